The Morgan fingerprint density at radius 3 is 2.25 bits per heavy atom. The van der Waals surface area contributed by atoms with E-state index in [-0.39, 0.29) is 52.6 Å². The minimum atomic E-state index is -5.19. The predicted octanol–water partition coefficient (Wildman–Crippen LogP) is 2.59. The van der Waals surface area contributed by atoms with Gasteiger partial charge in [0.15, 0.2) is 11.6 Å². The molecule has 5 rings (SSSR count). The van der Waals surface area contributed by atoms with Crippen LogP contribution < -0.4 is 30.2 Å². The largest absolute Gasteiger partial charge is 0.542 e. The van der Waals surface area contributed by atoms with Crippen molar-refractivity contribution >= 4 is 34.5 Å². The van der Waals surface area contributed by atoms with Crippen molar-refractivity contribution in [3.63, 3.8) is 0 Å². The fraction of sp³-hybridized carbons (Fsp3) is 0.389. The van der Waals surface area contributed by atoms with Gasteiger partial charge in [0.25, 0.3) is 0 Å². The standard InChI is InChI=1S/C34H34FN3O6.C2HF3O2/c1-5-7-22(8-6-2)20-43-33(40)23-9-13-25(14-10-23)44-34(41)27-19-38(24-11-12-24)29-26(31(27)39)17-28(35)30(32(29)42-4)37-16-15-36-21(3)18-37;3-2(4,5)1(6)7/h1-2,9-10,13-14,17,19,21-22,24,36H,7-8,11-12,15-16,18,20H2,3-4H3;(H,6,7). The Bertz CT molecular complexity index is 1910. The molecule has 2 heterocycles. The molecule has 1 saturated carbocycles. The van der Waals surface area contributed by atoms with Crippen LogP contribution in [0, 0.1) is 36.4 Å². The van der Waals surface area contributed by atoms with Gasteiger partial charge in [-0.3, -0.25) is 4.79 Å². The molecule has 1 aromatic heterocycles. The summed E-state index contributed by atoms with van der Waals surface area (Å²) in [6, 6.07) is 7.28. The molecule has 1 atom stereocenters. The number of hydrogen-bond donors (Lipinski definition) is 1. The molecule has 2 fully saturated rings. The van der Waals surface area contributed by atoms with Gasteiger partial charge in [-0.1, -0.05) is 0 Å². The van der Waals surface area contributed by atoms with Gasteiger partial charge in [0, 0.05) is 31.0 Å². The maximum absolute atomic E-state index is 15.7. The van der Waals surface area contributed by atoms with Gasteiger partial charge in [-0.25, -0.2) is 14.0 Å². The molecular weight excluding hydrogens is 678 g/mol. The van der Waals surface area contributed by atoms with Crippen molar-refractivity contribution < 1.29 is 56.6 Å². The number of nitrogens with zero attached hydrogens (tertiary/aromatic N) is 2. The number of methoxy groups -OCH3 is 1. The summed E-state index contributed by atoms with van der Waals surface area (Å²) in [5.74, 6) is 0.256. The number of halogens is 4. The van der Waals surface area contributed by atoms with Crippen molar-refractivity contribution in [2.45, 2.75) is 50.9 Å². The summed E-state index contributed by atoms with van der Waals surface area (Å²) in [6.45, 7) is 4.24. The molecule has 2 aromatic carbocycles. The van der Waals surface area contributed by atoms with Crippen LogP contribution in [0.25, 0.3) is 10.9 Å². The lowest BCUT2D eigenvalue weighted by Gasteiger charge is -2.33. The number of aromatic nitrogens is 1. The Balaban J connectivity index is 0.000000755. The average Bonchev–Trinajstić information content (AvgIpc) is 3.93. The highest BCUT2D eigenvalue weighted by molar-refractivity contribution is 5.98. The quantitative estimate of drug-likeness (QED) is 0.145. The van der Waals surface area contributed by atoms with E-state index in [1.807, 2.05) is 9.47 Å². The zero-order valence-electron chi connectivity index (χ0n) is 27.8. The van der Waals surface area contributed by atoms with Gasteiger partial charge in [0.1, 0.15) is 29.0 Å². The Hall–Kier alpha value is -5.54. The number of esters is 2. The highest BCUT2D eigenvalue weighted by atomic mass is 19.4. The molecule has 1 aliphatic heterocycles. The lowest BCUT2D eigenvalue weighted by Crippen LogP contribution is -2.94. The first-order valence-electron chi connectivity index (χ1n) is 15.9. The summed E-state index contributed by atoms with van der Waals surface area (Å²) in [6.07, 6.45) is 9.46. The summed E-state index contributed by atoms with van der Waals surface area (Å²) in [7, 11) is 1.47. The number of ether oxygens (including phenoxy) is 3. The molecule has 270 valence electrons. The van der Waals surface area contributed by atoms with E-state index in [4.69, 9.17) is 37.0 Å². The van der Waals surface area contributed by atoms with Crippen molar-refractivity contribution in [1.29, 1.82) is 0 Å². The SMILES string of the molecule is C#CCC(CC#C)COC(=O)c1ccc(OC(=O)c2cn(C3CC3)c3c(OC)c(N4CC[NH2+]C(C)C4)c(F)cc3c2=O)cc1.O=C([O-])C(F)(F)F. The van der Waals surface area contributed by atoms with Crippen LogP contribution in [-0.4, -0.2) is 68.0 Å². The number of carbonyl (C=O) groups excluding carboxylic acids is 3. The summed E-state index contributed by atoms with van der Waals surface area (Å²) in [4.78, 5) is 50.1. The number of anilines is 1. The van der Waals surface area contributed by atoms with Crippen LogP contribution in [0.5, 0.6) is 11.5 Å². The second-order valence-corrected chi connectivity index (χ2v) is 12.1. The Morgan fingerprint density at radius 1 is 1.10 bits per heavy atom. The lowest BCUT2D eigenvalue weighted by atomic mass is 10.0. The molecule has 3 aromatic rings. The van der Waals surface area contributed by atoms with Gasteiger partial charge < -0.3 is 38.9 Å². The van der Waals surface area contributed by atoms with Crippen LogP contribution in [0.15, 0.2) is 41.3 Å². The molecule has 2 aliphatic rings. The molecule has 1 saturated heterocycles. The van der Waals surface area contributed by atoms with E-state index in [1.165, 1.54) is 43.6 Å². The van der Waals surface area contributed by atoms with E-state index in [1.54, 1.807) is 0 Å². The fourth-order valence-corrected chi connectivity index (χ4v) is 5.57. The molecule has 0 spiro atoms. The van der Waals surface area contributed by atoms with Crippen molar-refractivity contribution in [2.24, 2.45) is 5.92 Å². The number of terminal acetylenes is 2. The third-order valence-electron chi connectivity index (χ3n) is 8.15. The topological polar surface area (TPSA) is 144 Å². The van der Waals surface area contributed by atoms with Gasteiger partial charge in [0.05, 0.1) is 49.8 Å². The Kier molecular flexibility index (Phi) is 12.3. The monoisotopic (exact) mass is 713 g/mol. The van der Waals surface area contributed by atoms with Crippen LogP contribution in [0.3, 0.4) is 0 Å². The minimum absolute atomic E-state index is 0.0386. The van der Waals surface area contributed by atoms with Crippen LogP contribution >= 0.6 is 0 Å². The number of fused-ring (bicyclic) bond motifs is 1. The van der Waals surface area contributed by atoms with Gasteiger partial charge in [0.2, 0.25) is 5.43 Å². The summed E-state index contributed by atoms with van der Waals surface area (Å²) in [5.41, 5.74) is 0.150. The molecule has 11 nitrogen and oxygen atoms in total. The molecule has 15 heteroatoms. The number of alkyl halides is 3. The average molecular weight is 714 g/mol. The predicted molar refractivity (Wildman–Crippen MR) is 175 cm³/mol. The number of nitrogens with two attached hydrogens (primary N) is 1. The Morgan fingerprint density at radius 2 is 1.73 bits per heavy atom. The molecule has 0 bridgehead atoms. The number of carbonyl (C=O) groups is 3. The maximum atomic E-state index is 15.7. The number of pyridine rings is 1. The molecule has 2 N–H and O–H groups in total. The van der Waals surface area contributed by atoms with Crippen LogP contribution in [0.4, 0.5) is 23.2 Å². The van der Waals surface area contributed by atoms with Crippen molar-refractivity contribution in [3.8, 4) is 36.2 Å². The highest BCUT2D eigenvalue weighted by Gasteiger charge is 2.33. The summed E-state index contributed by atoms with van der Waals surface area (Å²) >= 11 is 0. The fourth-order valence-electron chi connectivity index (χ4n) is 5.57. The molecular formula is C36H35F4N3O8. The normalized spacial score (nSPS) is 15.6. The third-order valence-corrected chi connectivity index (χ3v) is 8.15. The van der Waals surface area contributed by atoms with Crippen molar-refractivity contribution in [3.05, 3.63) is 63.7 Å². The van der Waals surface area contributed by atoms with Gasteiger partial charge >= 0.3 is 18.1 Å². The van der Waals surface area contributed by atoms with Gasteiger partial charge in [-0.05, 0) is 50.1 Å². The second-order valence-electron chi connectivity index (χ2n) is 12.1. The lowest BCUT2D eigenvalue weighted by molar-refractivity contribution is -0.687. The van der Waals surface area contributed by atoms with E-state index in [9.17, 15) is 27.6 Å². The summed E-state index contributed by atoms with van der Waals surface area (Å²) < 4.78 is 65.7. The summed E-state index contributed by atoms with van der Waals surface area (Å²) in [5, 5.41) is 11.0. The smallest absolute Gasteiger partial charge is 0.430 e. The second kappa shape index (κ2) is 16.4. The molecule has 1 unspecified atom stereocenters. The van der Waals surface area contributed by atoms with Crippen LogP contribution in [0.2, 0.25) is 0 Å². The molecule has 0 amide bonds. The van der Waals surface area contributed by atoms with E-state index in [0.29, 0.717) is 37.1 Å². The number of benzene rings is 2. The molecule has 1 aliphatic carbocycles. The number of carboxylic acid groups (broad SMARTS) is 1. The van der Waals surface area contributed by atoms with Crippen molar-refractivity contribution in [2.75, 3.05) is 38.3 Å². The highest BCUT2D eigenvalue weighted by Crippen LogP contribution is 2.43. The first-order chi connectivity index (χ1) is 24.2. The van der Waals surface area contributed by atoms with Gasteiger partial charge in [-0.15, -0.1) is 24.7 Å². The number of rotatable bonds is 10. The Labute approximate surface area is 290 Å². The maximum Gasteiger partial charge on any atom is 0.430 e. The van der Waals surface area contributed by atoms with E-state index >= 15 is 4.39 Å². The molecule has 0 radical (unpaired) electrons. The van der Waals surface area contributed by atoms with Crippen molar-refractivity contribution in [1.82, 2.24) is 4.57 Å². The van der Waals surface area contributed by atoms with Gasteiger partial charge in [-0.2, -0.15) is 13.2 Å². The number of aliphatic carboxylic acids is 1. The number of carboxylic acids is 1. The van der Waals surface area contributed by atoms with E-state index < -0.39 is 35.3 Å². The number of quaternary nitrogens is 1. The zero-order chi connectivity index (χ0) is 37.5. The first-order valence-corrected chi connectivity index (χ1v) is 15.9. The van der Waals surface area contributed by atoms with Crippen LogP contribution in [-0.2, 0) is 9.53 Å². The van der Waals surface area contributed by atoms with Crippen LogP contribution in [0.1, 0.15) is 59.4 Å². The minimum Gasteiger partial charge on any atom is -0.542 e. The third kappa shape index (κ3) is 9.38. The van der Waals surface area contributed by atoms with E-state index in [0.717, 1.165) is 19.4 Å². The zero-order valence-corrected chi connectivity index (χ0v) is 27.8. The number of hydrogen-bond acceptors (Lipinski definition) is 9. The molecule has 51 heavy (non-hydrogen) atoms. The van der Waals surface area contributed by atoms with E-state index in [2.05, 4.69) is 24.1 Å². The number of piperazine rings is 1. The first kappa shape index (κ1) is 38.3.